The van der Waals surface area contributed by atoms with Crippen LogP contribution in [-0.4, -0.2) is 47.1 Å². The maximum absolute atomic E-state index is 12.8. The Kier molecular flexibility index (Phi) is 4.67. The Balaban J connectivity index is 1.86. The molecule has 120 valence electrons. The van der Waals surface area contributed by atoms with E-state index in [1.165, 1.54) is 0 Å². The largest absolute Gasteiger partial charge is 0.367 e. The minimum atomic E-state index is -0.742. The fourth-order valence-corrected chi connectivity index (χ4v) is 3.10. The van der Waals surface area contributed by atoms with Gasteiger partial charge in [-0.1, -0.05) is 6.07 Å². The molecule has 1 aromatic carbocycles. The van der Waals surface area contributed by atoms with Crippen LogP contribution in [-0.2, 0) is 9.53 Å². The molecule has 0 radical (unpaired) electrons. The number of primary amides is 1. The van der Waals surface area contributed by atoms with Crippen molar-refractivity contribution >= 4 is 34.4 Å². The van der Waals surface area contributed by atoms with Crippen LogP contribution in [0.3, 0.4) is 0 Å². The molecule has 1 saturated heterocycles. The number of morpholine rings is 1. The van der Waals surface area contributed by atoms with Crippen molar-refractivity contribution in [2.75, 3.05) is 19.7 Å². The second-order valence-electron chi connectivity index (χ2n) is 5.26. The van der Waals surface area contributed by atoms with Gasteiger partial charge < -0.3 is 19.9 Å². The minimum absolute atomic E-state index is 0.136. The summed E-state index contributed by atoms with van der Waals surface area (Å²) in [5, 5.41) is 0. The summed E-state index contributed by atoms with van der Waals surface area (Å²) in [4.78, 5) is 25.7. The van der Waals surface area contributed by atoms with E-state index < -0.39 is 12.0 Å². The van der Waals surface area contributed by atoms with Crippen molar-refractivity contribution in [2.45, 2.75) is 6.10 Å². The molecule has 6 nitrogen and oxygen atoms in total. The van der Waals surface area contributed by atoms with Crippen molar-refractivity contribution in [3.63, 3.8) is 0 Å². The molecule has 7 heteroatoms. The first-order valence-electron chi connectivity index (χ1n) is 7.20. The van der Waals surface area contributed by atoms with Gasteiger partial charge in [-0.05, 0) is 52.9 Å². The summed E-state index contributed by atoms with van der Waals surface area (Å²) in [7, 11) is 0. The molecule has 1 aliphatic heterocycles. The number of amides is 2. The molecule has 0 unspecified atom stereocenters. The molecule has 1 aromatic heterocycles. The predicted octanol–water partition coefficient (Wildman–Crippen LogP) is 1.41. The third-order valence-corrected chi connectivity index (χ3v) is 4.40. The van der Waals surface area contributed by atoms with Gasteiger partial charge in [-0.2, -0.15) is 0 Å². The molecule has 2 N–H and O–H groups in total. The molecule has 1 fully saturated rings. The quantitative estimate of drug-likeness (QED) is 0.756. The first-order valence-corrected chi connectivity index (χ1v) is 8.27. The van der Waals surface area contributed by atoms with Gasteiger partial charge in [0.25, 0.3) is 5.91 Å². The molecule has 0 saturated carbocycles. The summed E-state index contributed by atoms with van der Waals surface area (Å²) in [6, 6.07) is 11.5. The zero-order chi connectivity index (χ0) is 16.4. The van der Waals surface area contributed by atoms with E-state index in [0.717, 1.165) is 9.26 Å². The zero-order valence-corrected chi connectivity index (χ0v) is 14.5. The number of hydrogen-bond acceptors (Lipinski definition) is 3. The van der Waals surface area contributed by atoms with Gasteiger partial charge in [-0.3, -0.25) is 9.59 Å². The lowest BCUT2D eigenvalue weighted by Gasteiger charge is -2.31. The molecule has 2 amide bonds. The second kappa shape index (κ2) is 6.71. The number of nitrogens with zero attached hydrogens (tertiary/aromatic N) is 2. The molecule has 0 spiro atoms. The molecule has 1 aliphatic rings. The fourth-order valence-electron chi connectivity index (χ4n) is 2.57. The van der Waals surface area contributed by atoms with Gasteiger partial charge in [-0.15, -0.1) is 0 Å². The van der Waals surface area contributed by atoms with Crippen LogP contribution >= 0.6 is 22.6 Å². The summed E-state index contributed by atoms with van der Waals surface area (Å²) in [6.07, 6.45) is 1.11. The summed E-state index contributed by atoms with van der Waals surface area (Å²) >= 11 is 2.24. The lowest BCUT2D eigenvalue weighted by atomic mass is 10.2. The number of carbonyl (C=O) groups is 2. The molecule has 23 heavy (non-hydrogen) atoms. The molecule has 2 heterocycles. The first kappa shape index (κ1) is 16.0. The van der Waals surface area contributed by atoms with Crippen LogP contribution in [0.25, 0.3) is 5.69 Å². The van der Waals surface area contributed by atoms with Crippen LogP contribution in [0.15, 0.2) is 42.6 Å². The molecule has 0 bridgehead atoms. The van der Waals surface area contributed by atoms with Crippen LogP contribution < -0.4 is 5.73 Å². The van der Waals surface area contributed by atoms with Gasteiger partial charge in [0.1, 0.15) is 5.69 Å². The maximum atomic E-state index is 12.8. The Labute approximate surface area is 147 Å². The van der Waals surface area contributed by atoms with Crippen LogP contribution in [0.2, 0.25) is 0 Å². The summed E-state index contributed by atoms with van der Waals surface area (Å²) in [6.45, 7) is 0.940. The highest BCUT2D eigenvalue weighted by Crippen LogP contribution is 2.18. The smallest absolute Gasteiger partial charge is 0.271 e. The first-order chi connectivity index (χ1) is 11.1. The third-order valence-electron chi connectivity index (χ3n) is 3.73. The van der Waals surface area contributed by atoms with E-state index in [4.69, 9.17) is 10.5 Å². The van der Waals surface area contributed by atoms with Crippen LogP contribution in [0, 0.1) is 3.57 Å². The van der Waals surface area contributed by atoms with Gasteiger partial charge in [0.2, 0.25) is 5.91 Å². The lowest BCUT2D eigenvalue weighted by molar-refractivity contribution is -0.133. The Hall–Kier alpha value is -1.87. The van der Waals surface area contributed by atoms with E-state index in [-0.39, 0.29) is 12.5 Å². The van der Waals surface area contributed by atoms with Crippen LogP contribution in [0.4, 0.5) is 0 Å². The Morgan fingerprint density at radius 2 is 2.09 bits per heavy atom. The van der Waals surface area contributed by atoms with E-state index in [0.29, 0.717) is 18.8 Å². The van der Waals surface area contributed by atoms with E-state index in [9.17, 15) is 9.59 Å². The Morgan fingerprint density at radius 3 is 2.83 bits per heavy atom. The van der Waals surface area contributed by atoms with Crippen molar-refractivity contribution in [1.29, 1.82) is 0 Å². The molecule has 3 rings (SSSR count). The number of hydrogen-bond donors (Lipinski definition) is 1. The van der Waals surface area contributed by atoms with E-state index in [1.807, 2.05) is 41.1 Å². The summed E-state index contributed by atoms with van der Waals surface area (Å²) < 4.78 is 8.23. The normalized spacial score (nSPS) is 18.0. The second-order valence-corrected chi connectivity index (χ2v) is 6.50. The van der Waals surface area contributed by atoms with Crippen molar-refractivity contribution in [3.05, 3.63) is 51.9 Å². The van der Waals surface area contributed by atoms with Crippen molar-refractivity contribution in [2.24, 2.45) is 5.73 Å². The van der Waals surface area contributed by atoms with Crippen molar-refractivity contribution in [3.8, 4) is 5.69 Å². The molecular weight excluding hydrogens is 409 g/mol. The molecular formula is C16H16IN3O3. The Morgan fingerprint density at radius 1 is 1.26 bits per heavy atom. The Bertz CT molecular complexity index is 744. The fraction of sp³-hybridized carbons (Fsp3) is 0.250. The van der Waals surface area contributed by atoms with Gasteiger partial charge >= 0.3 is 0 Å². The number of aromatic nitrogens is 1. The van der Waals surface area contributed by atoms with Crippen LogP contribution in [0.1, 0.15) is 10.5 Å². The summed E-state index contributed by atoms with van der Waals surface area (Å²) in [5.74, 6) is -0.682. The van der Waals surface area contributed by atoms with E-state index >= 15 is 0 Å². The number of carbonyl (C=O) groups excluding carboxylic acids is 2. The average molecular weight is 425 g/mol. The number of benzene rings is 1. The number of ether oxygens (including phenoxy) is 1. The van der Waals surface area contributed by atoms with Gasteiger partial charge in [0.05, 0.1) is 13.2 Å². The lowest BCUT2D eigenvalue weighted by Crippen LogP contribution is -2.50. The topological polar surface area (TPSA) is 77.6 Å². The van der Waals surface area contributed by atoms with Gasteiger partial charge in [0, 0.05) is 22.0 Å². The van der Waals surface area contributed by atoms with Crippen LogP contribution in [0.5, 0.6) is 0 Å². The highest BCUT2D eigenvalue weighted by atomic mass is 127. The molecule has 2 aromatic rings. The molecule has 0 aliphatic carbocycles. The highest BCUT2D eigenvalue weighted by Gasteiger charge is 2.29. The minimum Gasteiger partial charge on any atom is -0.367 e. The van der Waals surface area contributed by atoms with E-state index in [1.54, 1.807) is 11.0 Å². The van der Waals surface area contributed by atoms with Gasteiger partial charge in [-0.25, -0.2) is 0 Å². The number of rotatable bonds is 3. The van der Waals surface area contributed by atoms with Crippen molar-refractivity contribution < 1.29 is 14.3 Å². The number of nitrogens with two attached hydrogens (primary N) is 1. The van der Waals surface area contributed by atoms with Crippen molar-refractivity contribution in [1.82, 2.24) is 9.47 Å². The predicted molar refractivity (Wildman–Crippen MR) is 93.3 cm³/mol. The van der Waals surface area contributed by atoms with E-state index in [2.05, 4.69) is 22.6 Å². The standard InChI is InChI=1S/C16H16IN3O3/c17-11-3-1-4-12(9-11)20-6-2-5-13(20)16(22)19-7-8-23-14(10-19)15(18)21/h1-6,9,14H,7-8,10H2,(H2,18,21)/t14-/m0/s1. The monoisotopic (exact) mass is 425 g/mol. The summed E-state index contributed by atoms with van der Waals surface area (Å²) in [5.41, 5.74) is 6.75. The SMILES string of the molecule is NC(=O)[C@@H]1CN(C(=O)c2cccn2-c2cccc(I)c2)CCO1. The third kappa shape index (κ3) is 3.40. The number of halogens is 1. The van der Waals surface area contributed by atoms with Gasteiger partial charge in [0.15, 0.2) is 6.10 Å². The molecule has 1 atom stereocenters. The maximum Gasteiger partial charge on any atom is 0.271 e. The highest BCUT2D eigenvalue weighted by molar-refractivity contribution is 14.1. The average Bonchev–Trinajstić information content (AvgIpc) is 3.04. The zero-order valence-electron chi connectivity index (χ0n) is 12.3.